The fraction of sp³-hybridized carbons (Fsp3) is 0.455. The summed E-state index contributed by atoms with van der Waals surface area (Å²) in [6, 6.07) is 4.89. The topological polar surface area (TPSA) is 32.3 Å². The number of rotatable bonds is 1. The summed E-state index contributed by atoms with van der Waals surface area (Å²) in [6.45, 7) is 3.13. The van der Waals surface area contributed by atoms with Gasteiger partial charge in [-0.1, -0.05) is 0 Å². The number of phenols is 1. The number of fused-ring (bicyclic) bond motifs is 1. The first-order valence-corrected chi connectivity index (χ1v) is 4.74. The Morgan fingerprint density at radius 3 is 2.86 bits per heavy atom. The molecule has 1 aliphatic rings. The average Bonchev–Trinajstić information content (AvgIpc) is 2.45. The first-order valence-electron chi connectivity index (χ1n) is 4.74. The fourth-order valence-corrected chi connectivity index (χ4v) is 1.76. The van der Waals surface area contributed by atoms with Crippen LogP contribution >= 0.6 is 0 Å². The molecular weight excluding hydrogens is 181 g/mol. The van der Waals surface area contributed by atoms with E-state index in [0.29, 0.717) is 6.42 Å². The number of benzene rings is 1. The molecule has 76 valence electrons. The van der Waals surface area contributed by atoms with Gasteiger partial charge in [0.1, 0.15) is 11.4 Å². The standard InChI is InChI=1S/C11H14FNO/c1-11(2,12)10-6-7-5-8(14)3-4-9(7)13-10/h3-5,10,13-14H,6H2,1-2H3. The molecule has 1 aliphatic heterocycles. The van der Waals surface area contributed by atoms with Crippen molar-refractivity contribution in [1.82, 2.24) is 0 Å². The summed E-state index contributed by atoms with van der Waals surface area (Å²) in [5.41, 5.74) is 0.675. The second-order valence-corrected chi connectivity index (χ2v) is 4.31. The van der Waals surface area contributed by atoms with Crippen molar-refractivity contribution < 1.29 is 9.50 Å². The summed E-state index contributed by atoms with van der Waals surface area (Å²) in [5, 5.41) is 12.4. The highest BCUT2D eigenvalue weighted by Crippen LogP contribution is 2.33. The maximum Gasteiger partial charge on any atom is 0.125 e. The van der Waals surface area contributed by atoms with E-state index in [2.05, 4.69) is 5.32 Å². The van der Waals surface area contributed by atoms with Gasteiger partial charge in [0, 0.05) is 5.69 Å². The van der Waals surface area contributed by atoms with E-state index >= 15 is 0 Å². The minimum absolute atomic E-state index is 0.195. The molecule has 2 N–H and O–H groups in total. The molecule has 0 saturated carbocycles. The van der Waals surface area contributed by atoms with Gasteiger partial charge in [-0.25, -0.2) is 4.39 Å². The lowest BCUT2D eigenvalue weighted by Gasteiger charge is -2.22. The number of hydrogen-bond donors (Lipinski definition) is 2. The van der Waals surface area contributed by atoms with Crippen LogP contribution in [-0.2, 0) is 6.42 Å². The molecule has 0 bridgehead atoms. The molecule has 2 nitrogen and oxygen atoms in total. The molecule has 1 aromatic carbocycles. The van der Waals surface area contributed by atoms with Crippen molar-refractivity contribution in [2.75, 3.05) is 5.32 Å². The highest BCUT2D eigenvalue weighted by Gasteiger charge is 2.34. The number of halogens is 1. The molecule has 1 heterocycles. The molecule has 1 unspecified atom stereocenters. The van der Waals surface area contributed by atoms with E-state index in [9.17, 15) is 9.50 Å². The van der Waals surface area contributed by atoms with Gasteiger partial charge in [-0.05, 0) is 44.0 Å². The number of hydrogen-bond acceptors (Lipinski definition) is 2. The molecule has 0 spiro atoms. The lowest BCUT2D eigenvalue weighted by atomic mass is 9.98. The van der Waals surface area contributed by atoms with Crippen LogP contribution in [0.2, 0.25) is 0 Å². The van der Waals surface area contributed by atoms with Gasteiger partial charge in [0.25, 0.3) is 0 Å². The molecule has 3 heteroatoms. The number of aromatic hydroxyl groups is 1. The Balaban J connectivity index is 2.26. The van der Waals surface area contributed by atoms with Crippen molar-refractivity contribution >= 4 is 5.69 Å². The molecule has 1 atom stereocenters. The van der Waals surface area contributed by atoms with Crippen molar-refractivity contribution in [2.24, 2.45) is 0 Å². The molecule has 0 amide bonds. The number of phenolic OH excluding ortho intramolecular Hbond substituents is 1. The minimum Gasteiger partial charge on any atom is -0.508 e. The van der Waals surface area contributed by atoms with Crippen LogP contribution in [0.5, 0.6) is 5.75 Å². The quantitative estimate of drug-likeness (QED) is 0.675. The summed E-state index contributed by atoms with van der Waals surface area (Å²) in [6.07, 6.45) is 0.632. The Hall–Kier alpha value is -1.25. The molecule has 0 radical (unpaired) electrons. The Morgan fingerprint density at radius 1 is 1.50 bits per heavy atom. The highest BCUT2D eigenvalue weighted by atomic mass is 19.1. The molecule has 14 heavy (non-hydrogen) atoms. The zero-order valence-corrected chi connectivity index (χ0v) is 8.34. The van der Waals surface area contributed by atoms with E-state index in [1.807, 2.05) is 0 Å². The van der Waals surface area contributed by atoms with Gasteiger partial charge in [0.2, 0.25) is 0 Å². The first-order chi connectivity index (χ1) is 6.47. The van der Waals surface area contributed by atoms with E-state index in [1.165, 1.54) is 0 Å². The Bertz CT molecular complexity index is 357. The monoisotopic (exact) mass is 195 g/mol. The van der Waals surface area contributed by atoms with Crippen LogP contribution in [0.4, 0.5) is 10.1 Å². The predicted molar refractivity (Wildman–Crippen MR) is 54.4 cm³/mol. The minimum atomic E-state index is -1.24. The molecule has 0 saturated heterocycles. The third-order valence-electron chi connectivity index (χ3n) is 2.67. The Morgan fingerprint density at radius 2 is 2.21 bits per heavy atom. The van der Waals surface area contributed by atoms with E-state index < -0.39 is 5.67 Å². The van der Waals surface area contributed by atoms with Crippen LogP contribution in [0.25, 0.3) is 0 Å². The molecular formula is C11H14FNO. The van der Waals surface area contributed by atoms with E-state index in [0.717, 1.165) is 11.3 Å². The summed E-state index contributed by atoms with van der Waals surface area (Å²) in [4.78, 5) is 0. The lowest BCUT2D eigenvalue weighted by molar-refractivity contribution is 0.187. The summed E-state index contributed by atoms with van der Waals surface area (Å²) in [7, 11) is 0. The largest absolute Gasteiger partial charge is 0.508 e. The Kier molecular flexibility index (Phi) is 1.91. The van der Waals surface area contributed by atoms with Gasteiger partial charge in [-0.2, -0.15) is 0 Å². The summed E-state index contributed by atoms with van der Waals surface area (Å²) < 4.78 is 13.6. The van der Waals surface area contributed by atoms with E-state index in [1.54, 1.807) is 32.0 Å². The third kappa shape index (κ3) is 1.54. The van der Waals surface area contributed by atoms with E-state index in [4.69, 9.17) is 0 Å². The van der Waals surface area contributed by atoms with Crippen LogP contribution in [0, 0.1) is 0 Å². The van der Waals surface area contributed by atoms with Crippen LogP contribution in [0.1, 0.15) is 19.4 Å². The van der Waals surface area contributed by atoms with Gasteiger partial charge in [-0.3, -0.25) is 0 Å². The van der Waals surface area contributed by atoms with Gasteiger partial charge in [0.05, 0.1) is 6.04 Å². The maximum atomic E-state index is 13.6. The predicted octanol–water partition coefficient (Wildman–Crippen LogP) is 2.48. The maximum absolute atomic E-state index is 13.6. The zero-order valence-electron chi connectivity index (χ0n) is 8.34. The van der Waals surface area contributed by atoms with Gasteiger partial charge in [0.15, 0.2) is 0 Å². The smallest absolute Gasteiger partial charge is 0.125 e. The Labute approximate surface area is 82.8 Å². The summed E-state index contributed by atoms with van der Waals surface area (Å²) in [5.74, 6) is 0.239. The molecule has 0 fully saturated rings. The summed E-state index contributed by atoms with van der Waals surface area (Å²) >= 11 is 0. The zero-order chi connectivity index (χ0) is 10.3. The van der Waals surface area contributed by atoms with Crippen molar-refractivity contribution in [2.45, 2.75) is 32.0 Å². The number of anilines is 1. The van der Waals surface area contributed by atoms with E-state index in [-0.39, 0.29) is 11.8 Å². The lowest BCUT2D eigenvalue weighted by Crippen LogP contribution is -2.36. The van der Waals surface area contributed by atoms with Crippen molar-refractivity contribution in [3.63, 3.8) is 0 Å². The van der Waals surface area contributed by atoms with Crippen LogP contribution in [0.15, 0.2) is 18.2 Å². The highest BCUT2D eigenvalue weighted by molar-refractivity contribution is 5.59. The van der Waals surface area contributed by atoms with Crippen LogP contribution in [-0.4, -0.2) is 16.8 Å². The average molecular weight is 195 g/mol. The van der Waals surface area contributed by atoms with Crippen LogP contribution < -0.4 is 5.32 Å². The first kappa shape index (κ1) is 9.31. The second kappa shape index (κ2) is 2.87. The fourth-order valence-electron chi connectivity index (χ4n) is 1.76. The second-order valence-electron chi connectivity index (χ2n) is 4.31. The molecule has 2 rings (SSSR count). The molecule has 1 aromatic rings. The molecule has 0 aliphatic carbocycles. The molecule has 0 aromatic heterocycles. The normalized spacial score (nSPS) is 20.4. The van der Waals surface area contributed by atoms with Crippen molar-refractivity contribution in [3.8, 4) is 5.75 Å². The van der Waals surface area contributed by atoms with Gasteiger partial charge < -0.3 is 10.4 Å². The van der Waals surface area contributed by atoms with Crippen molar-refractivity contribution in [3.05, 3.63) is 23.8 Å². The number of alkyl halides is 1. The van der Waals surface area contributed by atoms with Gasteiger partial charge in [-0.15, -0.1) is 0 Å². The SMILES string of the molecule is CC(C)(F)C1Cc2cc(O)ccc2N1. The number of nitrogens with one attached hydrogen (secondary N) is 1. The van der Waals surface area contributed by atoms with Crippen molar-refractivity contribution in [1.29, 1.82) is 0 Å². The van der Waals surface area contributed by atoms with Crippen LogP contribution in [0.3, 0.4) is 0 Å². The van der Waals surface area contributed by atoms with Gasteiger partial charge >= 0.3 is 0 Å². The third-order valence-corrected chi connectivity index (χ3v) is 2.67.